The van der Waals surface area contributed by atoms with Gasteiger partial charge in [0, 0.05) is 13.0 Å². The Morgan fingerprint density at radius 1 is 1.23 bits per heavy atom. The fourth-order valence-electron chi connectivity index (χ4n) is 2.34. The molecule has 0 spiro atoms. The van der Waals surface area contributed by atoms with Crippen LogP contribution in [0.15, 0.2) is 34.2 Å². The van der Waals surface area contributed by atoms with Crippen LogP contribution in [0.1, 0.15) is 25.5 Å². The molecule has 0 saturated carbocycles. The number of H-pyrrole nitrogens is 1. The van der Waals surface area contributed by atoms with Crippen LogP contribution >= 0.6 is 11.8 Å². The van der Waals surface area contributed by atoms with E-state index >= 15 is 0 Å². The van der Waals surface area contributed by atoms with Crippen molar-refractivity contribution in [2.24, 2.45) is 0 Å². The van der Waals surface area contributed by atoms with Crippen LogP contribution in [0.2, 0.25) is 0 Å². The first-order valence-electron chi connectivity index (χ1n) is 7.25. The van der Waals surface area contributed by atoms with Crippen LogP contribution in [-0.2, 0) is 18.7 Å². The molecule has 0 atom stereocenters. The lowest BCUT2D eigenvalue weighted by molar-refractivity contribution is 0.646. The quantitative estimate of drug-likeness (QED) is 0.732. The molecule has 3 aromatic rings. The SMILES string of the molecule is CCc1nnc(SCc2nc3ccccc3c(=O)[nH]2)n1CC. The maximum Gasteiger partial charge on any atom is 0.258 e. The Labute approximate surface area is 132 Å². The summed E-state index contributed by atoms with van der Waals surface area (Å²) < 4.78 is 2.09. The summed E-state index contributed by atoms with van der Waals surface area (Å²) in [6, 6.07) is 7.35. The van der Waals surface area contributed by atoms with Gasteiger partial charge in [0.2, 0.25) is 0 Å². The van der Waals surface area contributed by atoms with Gasteiger partial charge in [-0.15, -0.1) is 10.2 Å². The average Bonchev–Trinajstić information content (AvgIpc) is 2.95. The van der Waals surface area contributed by atoms with E-state index in [-0.39, 0.29) is 5.56 Å². The Morgan fingerprint density at radius 3 is 2.82 bits per heavy atom. The third-order valence-corrected chi connectivity index (χ3v) is 4.40. The first-order chi connectivity index (χ1) is 10.7. The van der Waals surface area contributed by atoms with Crippen molar-refractivity contribution in [3.05, 3.63) is 46.3 Å². The smallest absolute Gasteiger partial charge is 0.258 e. The minimum atomic E-state index is -0.104. The molecule has 114 valence electrons. The van der Waals surface area contributed by atoms with Crippen molar-refractivity contribution < 1.29 is 0 Å². The highest BCUT2D eigenvalue weighted by Gasteiger charge is 2.11. The van der Waals surface area contributed by atoms with Gasteiger partial charge < -0.3 is 9.55 Å². The molecule has 0 fully saturated rings. The zero-order chi connectivity index (χ0) is 15.5. The molecule has 0 aliphatic rings. The van der Waals surface area contributed by atoms with E-state index in [1.165, 1.54) is 11.8 Å². The number of nitrogens with zero attached hydrogens (tertiary/aromatic N) is 4. The zero-order valence-electron chi connectivity index (χ0n) is 12.5. The summed E-state index contributed by atoms with van der Waals surface area (Å²) >= 11 is 1.53. The van der Waals surface area contributed by atoms with Gasteiger partial charge in [-0.1, -0.05) is 30.8 Å². The summed E-state index contributed by atoms with van der Waals surface area (Å²) in [7, 11) is 0. The first kappa shape index (κ1) is 14.8. The highest BCUT2D eigenvalue weighted by atomic mass is 32.2. The zero-order valence-corrected chi connectivity index (χ0v) is 13.4. The molecule has 1 aromatic carbocycles. The number of aryl methyl sites for hydroxylation is 1. The Hall–Kier alpha value is -2.15. The standard InChI is InChI=1S/C15H17N5OS/c1-3-13-18-19-15(20(13)4-2)22-9-12-16-11-8-6-5-7-10(11)14(21)17-12/h5-8H,3-4,9H2,1-2H3,(H,16,17,21). The molecule has 1 N–H and O–H groups in total. The molecule has 0 saturated heterocycles. The Kier molecular flexibility index (Phi) is 4.24. The number of hydrogen-bond donors (Lipinski definition) is 1. The topological polar surface area (TPSA) is 76.5 Å². The third kappa shape index (κ3) is 2.76. The van der Waals surface area contributed by atoms with Crippen molar-refractivity contribution in [1.82, 2.24) is 24.7 Å². The molecule has 2 heterocycles. The van der Waals surface area contributed by atoms with Crippen LogP contribution in [0, 0.1) is 0 Å². The second-order valence-electron chi connectivity index (χ2n) is 4.82. The monoisotopic (exact) mass is 315 g/mol. The molecule has 0 radical (unpaired) electrons. The number of para-hydroxylation sites is 1. The maximum atomic E-state index is 12.0. The molecule has 7 heteroatoms. The number of aromatic nitrogens is 5. The Bertz CT molecular complexity index is 855. The second-order valence-corrected chi connectivity index (χ2v) is 5.76. The van der Waals surface area contributed by atoms with Crippen LogP contribution < -0.4 is 5.56 Å². The van der Waals surface area contributed by atoms with E-state index in [0.29, 0.717) is 22.5 Å². The highest BCUT2D eigenvalue weighted by Crippen LogP contribution is 2.21. The van der Waals surface area contributed by atoms with Crippen LogP contribution in [0.4, 0.5) is 0 Å². The summed E-state index contributed by atoms with van der Waals surface area (Å²) in [5.41, 5.74) is 0.612. The van der Waals surface area contributed by atoms with E-state index in [1.807, 2.05) is 18.2 Å². The lowest BCUT2D eigenvalue weighted by Gasteiger charge is -2.06. The van der Waals surface area contributed by atoms with E-state index in [1.54, 1.807) is 6.07 Å². The minimum Gasteiger partial charge on any atom is -0.309 e. The van der Waals surface area contributed by atoms with Crippen molar-refractivity contribution >= 4 is 22.7 Å². The Balaban J connectivity index is 1.85. The normalized spacial score (nSPS) is 11.2. The van der Waals surface area contributed by atoms with Crippen molar-refractivity contribution in [3.8, 4) is 0 Å². The fraction of sp³-hybridized carbons (Fsp3) is 0.333. The number of thioether (sulfide) groups is 1. The van der Waals surface area contributed by atoms with E-state index in [0.717, 1.165) is 23.9 Å². The van der Waals surface area contributed by atoms with Gasteiger partial charge in [0.05, 0.1) is 16.7 Å². The molecule has 0 bridgehead atoms. The fourth-order valence-corrected chi connectivity index (χ4v) is 3.23. The lowest BCUT2D eigenvalue weighted by Crippen LogP contribution is -2.11. The predicted octanol–water partition coefficient (Wildman–Crippen LogP) is 2.39. The molecule has 22 heavy (non-hydrogen) atoms. The Morgan fingerprint density at radius 2 is 2.05 bits per heavy atom. The summed E-state index contributed by atoms with van der Waals surface area (Å²) in [5, 5.41) is 9.87. The molecule has 0 unspecified atom stereocenters. The number of aromatic amines is 1. The summed E-state index contributed by atoms with van der Waals surface area (Å²) in [5.74, 6) is 2.18. The molecule has 3 rings (SSSR count). The van der Waals surface area contributed by atoms with Crippen molar-refractivity contribution in [1.29, 1.82) is 0 Å². The predicted molar refractivity (Wildman–Crippen MR) is 87.0 cm³/mol. The van der Waals surface area contributed by atoms with Crippen LogP contribution in [0.25, 0.3) is 10.9 Å². The van der Waals surface area contributed by atoms with Crippen LogP contribution in [-0.4, -0.2) is 24.7 Å². The van der Waals surface area contributed by atoms with Gasteiger partial charge in [0.1, 0.15) is 11.6 Å². The lowest BCUT2D eigenvalue weighted by atomic mass is 10.2. The van der Waals surface area contributed by atoms with Gasteiger partial charge in [0.15, 0.2) is 5.16 Å². The molecular formula is C15H17N5OS. The molecule has 6 nitrogen and oxygen atoms in total. The van der Waals surface area contributed by atoms with Gasteiger partial charge >= 0.3 is 0 Å². The number of rotatable bonds is 5. The minimum absolute atomic E-state index is 0.104. The van der Waals surface area contributed by atoms with Gasteiger partial charge in [0.25, 0.3) is 5.56 Å². The van der Waals surface area contributed by atoms with Crippen molar-refractivity contribution in [3.63, 3.8) is 0 Å². The summed E-state index contributed by atoms with van der Waals surface area (Å²) in [6.45, 7) is 4.97. The van der Waals surface area contributed by atoms with Crippen LogP contribution in [0.3, 0.4) is 0 Å². The third-order valence-electron chi connectivity index (χ3n) is 3.43. The van der Waals surface area contributed by atoms with Gasteiger partial charge in [-0.25, -0.2) is 4.98 Å². The number of hydrogen-bond acceptors (Lipinski definition) is 5. The van der Waals surface area contributed by atoms with Crippen LogP contribution in [0.5, 0.6) is 0 Å². The number of benzene rings is 1. The molecular weight excluding hydrogens is 298 g/mol. The maximum absolute atomic E-state index is 12.0. The first-order valence-corrected chi connectivity index (χ1v) is 8.24. The van der Waals surface area contributed by atoms with E-state index in [4.69, 9.17) is 0 Å². The molecule has 0 aliphatic heterocycles. The van der Waals surface area contributed by atoms with Gasteiger partial charge in [-0.2, -0.15) is 0 Å². The highest BCUT2D eigenvalue weighted by molar-refractivity contribution is 7.98. The summed E-state index contributed by atoms with van der Waals surface area (Å²) in [4.78, 5) is 19.4. The number of fused-ring (bicyclic) bond motifs is 1. The molecule has 0 aliphatic carbocycles. The van der Waals surface area contributed by atoms with Crippen molar-refractivity contribution in [2.45, 2.75) is 37.7 Å². The number of nitrogens with one attached hydrogen (secondary N) is 1. The van der Waals surface area contributed by atoms with E-state index in [2.05, 4.69) is 38.6 Å². The molecule has 0 amide bonds. The van der Waals surface area contributed by atoms with Gasteiger partial charge in [-0.3, -0.25) is 4.79 Å². The van der Waals surface area contributed by atoms with E-state index < -0.39 is 0 Å². The van der Waals surface area contributed by atoms with Crippen molar-refractivity contribution in [2.75, 3.05) is 0 Å². The van der Waals surface area contributed by atoms with Gasteiger partial charge in [-0.05, 0) is 19.1 Å². The average molecular weight is 315 g/mol. The molecule has 2 aromatic heterocycles. The van der Waals surface area contributed by atoms with E-state index in [9.17, 15) is 4.79 Å². The summed E-state index contributed by atoms with van der Waals surface area (Å²) in [6.07, 6.45) is 0.854. The largest absolute Gasteiger partial charge is 0.309 e. The second kappa shape index (κ2) is 6.31.